The average molecular weight is 350 g/mol. The first-order chi connectivity index (χ1) is 10.0. The Morgan fingerprint density at radius 2 is 1.81 bits per heavy atom. The molecule has 0 amide bonds. The van der Waals surface area contributed by atoms with Gasteiger partial charge < -0.3 is 5.32 Å². The van der Waals surface area contributed by atoms with Crippen molar-refractivity contribution in [1.29, 1.82) is 0 Å². The van der Waals surface area contributed by atoms with Crippen molar-refractivity contribution in [3.05, 3.63) is 68.9 Å². The molecule has 2 aromatic rings. The summed E-state index contributed by atoms with van der Waals surface area (Å²) in [5.74, 6) is -0.169. The highest BCUT2D eigenvalue weighted by atomic mass is 79.9. The number of halogens is 2. The van der Waals surface area contributed by atoms with E-state index in [4.69, 9.17) is 0 Å². The Morgan fingerprint density at radius 1 is 1.14 bits per heavy atom. The Morgan fingerprint density at radius 3 is 2.38 bits per heavy atom. The predicted molar refractivity (Wildman–Crippen MR) is 90.2 cm³/mol. The highest BCUT2D eigenvalue weighted by Crippen LogP contribution is 2.30. The van der Waals surface area contributed by atoms with Gasteiger partial charge in [0.1, 0.15) is 5.82 Å². The smallest absolute Gasteiger partial charge is 0.123 e. The van der Waals surface area contributed by atoms with E-state index in [0.29, 0.717) is 0 Å². The largest absolute Gasteiger partial charge is 0.306 e. The van der Waals surface area contributed by atoms with Gasteiger partial charge in [-0.25, -0.2) is 4.39 Å². The minimum Gasteiger partial charge on any atom is -0.306 e. The van der Waals surface area contributed by atoms with Crippen LogP contribution in [0.5, 0.6) is 0 Å². The van der Waals surface area contributed by atoms with E-state index in [2.05, 4.69) is 40.3 Å². The summed E-state index contributed by atoms with van der Waals surface area (Å²) in [4.78, 5) is 0. The van der Waals surface area contributed by atoms with Gasteiger partial charge in [-0.2, -0.15) is 0 Å². The van der Waals surface area contributed by atoms with Gasteiger partial charge in [0, 0.05) is 4.47 Å². The fourth-order valence-corrected chi connectivity index (χ4v) is 3.16. The fraction of sp³-hybridized carbons (Fsp3) is 0.333. The molecular formula is C18H21BrFN. The topological polar surface area (TPSA) is 12.0 Å². The zero-order valence-corrected chi connectivity index (χ0v) is 14.3. The Balaban J connectivity index is 2.50. The first kappa shape index (κ1) is 16.2. The number of rotatable bonds is 5. The standard InChI is InChI=1S/C18H21BrFN/c1-4-8-21-18(14-6-5-7-15(19)11-14)17-12(2)9-16(20)10-13(17)3/h5-7,9-11,18,21H,4,8H2,1-3H3. The van der Waals surface area contributed by atoms with Gasteiger partial charge in [0.15, 0.2) is 0 Å². The normalized spacial score (nSPS) is 12.4. The van der Waals surface area contributed by atoms with Gasteiger partial charge in [0.25, 0.3) is 0 Å². The summed E-state index contributed by atoms with van der Waals surface area (Å²) in [7, 11) is 0. The highest BCUT2D eigenvalue weighted by Gasteiger charge is 2.18. The van der Waals surface area contributed by atoms with Crippen molar-refractivity contribution >= 4 is 15.9 Å². The van der Waals surface area contributed by atoms with Crippen molar-refractivity contribution in [3.63, 3.8) is 0 Å². The van der Waals surface area contributed by atoms with Crippen molar-refractivity contribution in [2.24, 2.45) is 0 Å². The van der Waals surface area contributed by atoms with E-state index < -0.39 is 0 Å². The van der Waals surface area contributed by atoms with E-state index in [1.165, 1.54) is 11.1 Å². The zero-order valence-electron chi connectivity index (χ0n) is 12.7. The van der Waals surface area contributed by atoms with Crippen LogP contribution >= 0.6 is 15.9 Å². The summed E-state index contributed by atoms with van der Waals surface area (Å²) in [6.07, 6.45) is 1.06. The molecule has 0 saturated heterocycles. The molecule has 1 nitrogen and oxygen atoms in total. The van der Waals surface area contributed by atoms with Gasteiger partial charge in [-0.15, -0.1) is 0 Å². The number of aryl methyl sites for hydroxylation is 2. The summed E-state index contributed by atoms with van der Waals surface area (Å²) in [6.45, 7) is 7.02. The summed E-state index contributed by atoms with van der Waals surface area (Å²) in [5.41, 5.74) is 4.33. The van der Waals surface area contributed by atoms with Crippen molar-refractivity contribution in [2.45, 2.75) is 33.2 Å². The number of nitrogens with one attached hydrogen (secondary N) is 1. The summed E-state index contributed by atoms with van der Waals surface area (Å²) in [5, 5.41) is 3.59. The molecular weight excluding hydrogens is 329 g/mol. The first-order valence-corrected chi connectivity index (χ1v) is 8.07. The summed E-state index contributed by atoms with van der Waals surface area (Å²) >= 11 is 3.53. The molecule has 0 radical (unpaired) electrons. The lowest BCUT2D eigenvalue weighted by Gasteiger charge is -2.24. The predicted octanol–water partition coefficient (Wildman–Crippen LogP) is 5.29. The molecule has 1 atom stereocenters. The molecule has 21 heavy (non-hydrogen) atoms. The second kappa shape index (κ2) is 7.19. The number of benzene rings is 2. The van der Waals surface area contributed by atoms with Gasteiger partial charge in [0.05, 0.1) is 6.04 Å². The lowest BCUT2D eigenvalue weighted by molar-refractivity contribution is 0.586. The van der Waals surface area contributed by atoms with Gasteiger partial charge in [-0.3, -0.25) is 0 Å². The molecule has 3 heteroatoms. The van der Waals surface area contributed by atoms with Gasteiger partial charge in [0.2, 0.25) is 0 Å². The van der Waals surface area contributed by atoms with E-state index in [0.717, 1.165) is 28.6 Å². The summed E-state index contributed by atoms with van der Waals surface area (Å²) < 4.78 is 14.6. The van der Waals surface area contributed by atoms with E-state index in [1.807, 2.05) is 26.0 Å². The van der Waals surface area contributed by atoms with Crippen LogP contribution in [0.2, 0.25) is 0 Å². The first-order valence-electron chi connectivity index (χ1n) is 7.28. The van der Waals surface area contributed by atoms with Gasteiger partial charge in [-0.1, -0.05) is 35.0 Å². The van der Waals surface area contributed by atoms with E-state index in [1.54, 1.807) is 12.1 Å². The third-order valence-electron chi connectivity index (χ3n) is 3.63. The molecule has 0 aliphatic rings. The molecule has 0 aliphatic heterocycles. The fourth-order valence-electron chi connectivity index (χ4n) is 2.74. The minimum atomic E-state index is -0.169. The van der Waals surface area contributed by atoms with E-state index >= 15 is 0 Å². The average Bonchev–Trinajstić information content (AvgIpc) is 2.41. The molecule has 0 aliphatic carbocycles. The lowest BCUT2D eigenvalue weighted by Crippen LogP contribution is -2.25. The third kappa shape index (κ3) is 3.92. The quantitative estimate of drug-likeness (QED) is 0.772. The monoisotopic (exact) mass is 349 g/mol. The second-order valence-corrected chi connectivity index (χ2v) is 6.31. The molecule has 0 spiro atoms. The van der Waals surface area contributed by atoms with Crippen LogP contribution in [0.25, 0.3) is 0 Å². The van der Waals surface area contributed by atoms with Crippen LogP contribution in [0.1, 0.15) is 41.6 Å². The van der Waals surface area contributed by atoms with Crippen LogP contribution in [0, 0.1) is 19.7 Å². The van der Waals surface area contributed by atoms with Crippen molar-refractivity contribution in [3.8, 4) is 0 Å². The van der Waals surface area contributed by atoms with Gasteiger partial charge >= 0.3 is 0 Å². The Labute approximate surface area is 134 Å². The van der Waals surface area contributed by atoms with Gasteiger partial charge in [-0.05, 0) is 73.3 Å². The van der Waals surface area contributed by atoms with Crippen LogP contribution in [0.15, 0.2) is 40.9 Å². The van der Waals surface area contributed by atoms with Crippen LogP contribution in [-0.4, -0.2) is 6.54 Å². The molecule has 0 heterocycles. The number of hydrogen-bond acceptors (Lipinski definition) is 1. The van der Waals surface area contributed by atoms with Crippen LogP contribution in [-0.2, 0) is 0 Å². The van der Waals surface area contributed by atoms with Crippen LogP contribution < -0.4 is 5.32 Å². The second-order valence-electron chi connectivity index (χ2n) is 5.40. The van der Waals surface area contributed by atoms with Crippen molar-refractivity contribution < 1.29 is 4.39 Å². The Bertz CT molecular complexity index is 601. The maximum Gasteiger partial charge on any atom is 0.123 e. The molecule has 2 aromatic carbocycles. The van der Waals surface area contributed by atoms with E-state index in [9.17, 15) is 4.39 Å². The van der Waals surface area contributed by atoms with E-state index in [-0.39, 0.29) is 11.9 Å². The van der Waals surface area contributed by atoms with Crippen molar-refractivity contribution in [1.82, 2.24) is 5.32 Å². The Kier molecular flexibility index (Phi) is 5.54. The molecule has 0 saturated carbocycles. The molecule has 0 bridgehead atoms. The molecule has 2 rings (SSSR count). The van der Waals surface area contributed by atoms with Crippen LogP contribution in [0.3, 0.4) is 0 Å². The highest BCUT2D eigenvalue weighted by molar-refractivity contribution is 9.10. The maximum absolute atomic E-state index is 13.6. The minimum absolute atomic E-state index is 0.0862. The maximum atomic E-state index is 13.6. The Hall–Kier alpha value is -1.19. The molecule has 0 aromatic heterocycles. The molecule has 112 valence electrons. The summed E-state index contributed by atoms with van der Waals surface area (Å²) in [6, 6.07) is 11.6. The third-order valence-corrected chi connectivity index (χ3v) is 4.12. The lowest BCUT2D eigenvalue weighted by atomic mass is 9.91. The zero-order chi connectivity index (χ0) is 15.4. The number of hydrogen-bond donors (Lipinski definition) is 1. The molecule has 1 unspecified atom stereocenters. The van der Waals surface area contributed by atoms with Crippen molar-refractivity contribution in [2.75, 3.05) is 6.54 Å². The SMILES string of the molecule is CCCNC(c1cccc(Br)c1)c1c(C)cc(F)cc1C. The van der Waals surface area contributed by atoms with Crippen LogP contribution in [0.4, 0.5) is 4.39 Å². The molecule has 0 fully saturated rings. The molecule has 1 N–H and O–H groups in total.